The molecule has 2 rings (SSSR count). The molecule has 2 aromatic carbocycles. The standard InChI is InChI=1S/C10H7O.CHO2.Al/c11-10-6-5-8-3-1-2-4-9(8)7-10;2-1-3;/h1-5,7,11H;(H,2,3);. The molecule has 3 nitrogen and oxygen atoms in total. The van der Waals surface area contributed by atoms with Crippen LogP contribution in [0.15, 0.2) is 36.4 Å². The number of benzene rings is 2. The van der Waals surface area contributed by atoms with Gasteiger partial charge in [0.2, 0.25) is 0 Å². The summed E-state index contributed by atoms with van der Waals surface area (Å²) in [5.41, 5.74) is 0. The molecule has 0 atom stereocenters. The summed E-state index contributed by atoms with van der Waals surface area (Å²) >= 11 is -0.919. The zero-order chi connectivity index (χ0) is 10.8. The Labute approximate surface area is 92.7 Å². The van der Waals surface area contributed by atoms with E-state index in [-0.39, 0.29) is 5.75 Å². The maximum absolute atomic E-state index is 10.6. The Balaban J connectivity index is 2.56. The second-order valence-electron chi connectivity index (χ2n) is 3.24. The van der Waals surface area contributed by atoms with Crippen LogP contribution in [0, 0.1) is 0 Å². The minimum absolute atomic E-state index is 0.0751. The predicted octanol–water partition coefficient (Wildman–Crippen LogP) is 1.55. The second-order valence-corrected chi connectivity index (χ2v) is 4.65. The van der Waals surface area contributed by atoms with E-state index >= 15 is 0 Å². The van der Waals surface area contributed by atoms with Crippen LogP contribution in [-0.2, 0) is 0 Å². The number of rotatable bonds is 2. The van der Waals surface area contributed by atoms with Crippen LogP contribution >= 0.6 is 0 Å². The summed E-state index contributed by atoms with van der Waals surface area (Å²) in [5.74, 6) is 0.0751. The molecule has 2 N–H and O–H groups in total. The molecule has 0 saturated carbocycles. The van der Waals surface area contributed by atoms with Crippen LogP contribution in [0.2, 0.25) is 0 Å². The number of phenolic OH excluding ortho intramolecular Hbond substituents is 1. The molecule has 73 valence electrons. The van der Waals surface area contributed by atoms with Crippen molar-refractivity contribution in [2.45, 2.75) is 0 Å². The Bertz CT molecular complexity index is 522. The molecule has 0 unspecified atom stereocenters. The first kappa shape index (κ1) is 10.0. The van der Waals surface area contributed by atoms with Gasteiger partial charge in [0.25, 0.3) is 0 Å². The molecular weight excluding hydrogens is 207 g/mol. The predicted molar refractivity (Wildman–Crippen MR) is 59.0 cm³/mol. The molecule has 0 amide bonds. The average molecular weight is 215 g/mol. The van der Waals surface area contributed by atoms with E-state index in [0.29, 0.717) is 4.43 Å². The van der Waals surface area contributed by atoms with E-state index in [0.717, 1.165) is 10.8 Å². The maximum atomic E-state index is 10.6. The zero-order valence-corrected chi connectivity index (χ0v) is 9.00. The highest BCUT2D eigenvalue weighted by Gasteiger charge is 2.11. The summed E-state index contributed by atoms with van der Waals surface area (Å²) in [7, 11) is 0. The number of hydrogen-bond acceptors (Lipinski definition) is 2. The fourth-order valence-electron chi connectivity index (χ4n) is 1.49. The van der Waals surface area contributed by atoms with Crippen molar-refractivity contribution in [1.29, 1.82) is 0 Å². The van der Waals surface area contributed by atoms with Gasteiger partial charge in [-0.25, -0.2) is 0 Å². The van der Waals surface area contributed by atoms with Gasteiger partial charge in [-0.15, -0.1) is 0 Å². The first-order valence-corrected chi connectivity index (χ1v) is 5.62. The normalized spacial score (nSPS) is 10.1. The molecule has 0 aliphatic carbocycles. The van der Waals surface area contributed by atoms with E-state index in [1.807, 2.05) is 24.3 Å². The minimum Gasteiger partial charge on any atom is -0.509 e. The van der Waals surface area contributed by atoms with Crippen LogP contribution in [0.1, 0.15) is 0 Å². The third kappa shape index (κ3) is 2.12. The van der Waals surface area contributed by atoms with E-state index in [1.54, 1.807) is 12.1 Å². The van der Waals surface area contributed by atoms with E-state index in [4.69, 9.17) is 5.11 Å². The Morgan fingerprint density at radius 2 is 1.73 bits per heavy atom. The topological polar surface area (TPSA) is 57.5 Å². The Kier molecular flexibility index (Phi) is 2.63. The van der Waals surface area contributed by atoms with Gasteiger partial charge in [0, 0.05) is 0 Å². The molecule has 0 aliphatic heterocycles. The molecule has 0 heterocycles. The molecule has 0 fully saturated rings. The summed E-state index contributed by atoms with van der Waals surface area (Å²) in [6, 6.07) is 10.9. The third-order valence-corrected chi connectivity index (χ3v) is 3.19. The van der Waals surface area contributed by atoms with Crippen LogP contribution in [0.4, 0.5) is 4.79 Å². The highest BCUT2D eigenvalue weighted by Crippen LogP contribution is 2.17. The van der Waals surface area contributed by atoms with Gasteiger partial charge in [0.15, 0.2) is 4.83 Å². The molecule has 0 spiro atoms. The first-order valence-electron chi connectivity index (χ1n) is 4.46. The fourth-order valence-corrected chi connectivity index (χ4v) is 2.25. The quantitative estimate of drug-likeness (QED) is 0.747. The molecule has 15 heavy (non-hydrogen) atoms. The SMILES string of the molecule is O=[C](O)[Al][c]1cc2ccccc2cc1O. The molecule has 0 aliphatic rings. The van der Waals surface area contributed by atoms with Gasteiger partial charge in [0.05, 0.1) is 0 Å². The molecule has 4 heteroatoms. The first-order chi connectivity index (χ1) is 7.16. The largest absolute Gasteiger partial charge is 0.509 e. The molecule has 1 radical (unpaired) electrons. The number of hydrogen-bond donors (Lipinski definition) is 2. The van der Waals surface area contributed by atoms with Crippen molar-refractivity contribution in [2.75, 3.05) is 0 Å². The Morgan fingerprint density at radius 3 is 2.33 bits per heavy atom. The highest BCUT2D eigenvalue weighted by atomic mass is 27.1. The number of aromatic hydroxyl groups is 1. The van der Waals surface area contributed by atoms with Gasteiger partial charge in [-0.3, -0.25) is 4.79 Å². The summed E-state index contributed by atoms with van der Waals surface area (Å²) < 4.78 is 0.529. The lowest BCUT2D eigenvalue weighted by Gasteiger charge is -2.04. The van der Waals surface area contributed by atoms with Gasteiger partial charge in [-0.2, -0.15) is 0 Å². The van der Waals surface area contributed by atoms with Crippen molar-refractivity contribution >= 4 is 35.2 Å². The minimum atomic E-state index is -0.919. The van der Waals surface area contributed by atoms with Crippen LogP contribution in [-0.4, -0.2) is 30.3 Å². The Morgan fingerprint density at radius 1 is 1.13 bits per heavy atom. The van der Waals surface area contributed by atoms with Crippen LogP contribution < -0.4 is 4.43 Å². The van der Waals surface area contributed by atoms with Gasteiger partial charge in [-0.1, -0.05) is 34.8 Å². The summed E-state index contributed by atoms with van der Waals surface area (Å²) in [4.78, 5) is 9.72. The molecule has 0 bridgehead atoms. The van der Waals surface area contributed by atoms with E-state index < -0.39 is 20.1 Å². The van der Waals surface area contributed by atoms with Crippen LogP contribution in [0.3, 0.4) is 0 Å². The smallest absolute Gasteiger partial charge is 0.435 e. The van der Waals surface area contributed by atoms with Crippen LogP contribution in [0.5, 0.6) is 5.75 Å². The zero-order valence-electron chi connectivity index (χ0n) is 7.84. The number of phenols is 1. The average Bonchev–Trinajstić information content (AvgIpc) is 2.18. The number of fused-ring (bicyclic) bond motifs is 1. The van der Waals surface area contributed by atoms with Crippen molar-refractivity contribution in [3.8, 4) is 5.75 Å². The second kappa shape index (κ2) is 3.94. The van der Waals surface area contributed by atoms with Crippen molar-refractivity contribution in [3.63, 3.8) is 0 Å². The van der Waals surface area contributed by atoms with Crippen molar-refractivity contribution in [3.05, 3.63) is 36.4 Å². The van der Waals surface area contributed by atoms with Crippen molar-refractivity contribution in [2.24, 2.45) is 0 Å². The highest BCUT2D eigenvalue weighted by molar-refractivity contribution is 6.83. The van der Waals surface area contributed by atoms with Gasteiger partial charge >= 0.3 is 15.2 Å². The third-order valence-electron chi connectivity index (χ3n) is 2.17. The molecular formula is C11H8AlO3. The molecule has 0 aromatic heterocycles. The van der Waals surface area contributed by atoms with Crippen molar-refractivity contribution < 1.29 is 15.0 Å². The fraction of sp³-hybridized carbons (Fsp3) is 0. The lowest BCUT2D eigenvalue weighted by molar-refractivity contribution is 0.220. The molecule has 0 saturated heterocycles. The van der Waals surface area contributed by atoms with E-state index in [9.17, 15) is 9.90 Å². The van der Waals surface area contributed by atoms with E-state index in [2.05, 4.69) is 0 Å². The molecule has 2 aromatic rings. The van der Waals surface area contributed by atoms with E-state index in [1.165, 1.54) is 0 Å². The summed E-state index contributed by atoms with van der Waals surface area (Å²) in [5, 5.41) is 20.2. The lowest BCUT2D eigenvalue weighted by atomic mass is 10.1. The van der Waals surface area contributed by atoms with Gasteiger partial charge in [-0.05, 0) is 16.8 Å². The lowest BCUT2D eigenvalue weighted by Crippen LogP contribution is -2.22. The van der Waals surface area contributed by atoms with Crippen molar-refractivity contribution in [1.82, 2.24) is 0 Å². The number of carboxylic acid groups (broad SMARTS) is 1. The van der Waals surface area contributed by atoms with Crippen LogP contribution in [0.25, 0.3) is 10.8 Å². The monoisotopic (exact) mass is 215 g/mol. The summed E-state index contributed by atoms with van der Waals surface area (Å²) in [6.45, 7) is 0. The summed E-state index contributed by atoms with van der Waals surface area (Å²) in [6.07, 6.45) is 0. The number of carbonyl (C=O) groups is 1. The maximum Gasteiger partial charge on any atom is 0.435 e. The Hall–Kier alpha value is -1.50. The van der Waals surface area contributed by atoms with Gasteiger partial charge in [0.1, 0.15) is 5.75 Å². The van der Waals surface area contributed by atoms with Gasteiger partial charge < -0.3 is 10.2 Å².